The summed E-state index contributed by atoms with van der Waals surface area (Å²) in [6.07, 6.45) is 33.2. The largest absolute Gasteiger partial charge is 0.492 e. The minimum Gasteiger partial charge on any atom is -0.492 e. The lowest BCUT2D eigenvalue weighted by atomic mass is 9.88. The van der Waals surface area contributed by atoms with Crippen LogP contribution >= 0.6 is 7.82 Å². The quantitative estimate of drug-likeness (QED) is 0.0137. The molecule has 0 aromatic heterocycles. The zero-order chi connectivity index (χ0) is 42.9. The predicted molar refractivity (Wildman–Crippen MR) is 234 cm³/mol. The van der Waals surface area contributed by atoms with Gasteiger partial charge in [0.05, 0.1) is 46.2 Å². The number of hydrogen-bond acceptors (Lipinski definition) is 9. The van der Waals surface area contributed by atoms with Crippen LogP contribution in [0.1, 0.15) is 168 Å². The molecule has 0 bridgehead atoms. The Morgan fingerprint density at radius 2 is 1.40 bits per heavy atom. The van der Waals surface area contributed by atoms with Crippen molar-refractivity contribution in [3.8, 4) is 0 Å². The highest BCUT2D eigenvalue weighted by atomic mass is 31.2. The van der Waals surface area contributed by atoms with Crippen LogP contribution in [0, 0.1) is 11.8 Å². The number of phosphoric ester groups is 1. The van der Waals surface area contributed by atoms with Crippen molar-refractivity contribution in [3.05, 3.63) is 36.6 Å². The van der Waals surface area contributed by atoms with Gasteiger partial charge in [-0.2, -0.15) is 0 Å². The van der Waals surface area contributed by atoms with Crippen molar-refractivity contribution in [1.29, 1.82) is 0 Å². The van der Waals surface area contributed by atoms with E-state index in [-0.39, 0.29) is 56.3 Å². The molecule has 58 heavy (non-hydrogen) atoms. The van der Waals surface area contributed by atoms with Crippen LogP contribution in [0.2, 0.25) is 0 Å². The summed E-state index contributed by atoms with van der Waals surface area (Å²) in [6.45, 7) is 4.51. The van der Waals surface area contributed by atoms with Gasteiger partial charge in [0.15, 0.2) is 6.10 Å². The Bertz CT molecular complexity index is 1190. The number of esters is 1. The number of unbranched alkanes of at least 4 members (excludes halogenated alkanes) is 16. The third-order valence-electron chi connectivity index (χ3n) is 10.7. The van der Waals surface area contributed by atoms with E-state index in [1.165, 1.54) is 64.2 Å². The van der Waals surface area contributed by atoms with Gasteiger partial charge in [-0.15, -0.1) is 0 Å². The van der Waals surface area contributed by atoms with Crippen molar-refractivity contribution in [2.45, 2.75) is 186 Å². The SMILES string of the molecule is CCCCCC/C=C\CCCCCCCC/C=C/O[C@H](COC(=O)CCCCCC[C@H]1C(=O)C[C@@H](O)[C@@H]1/C=C/[C@@H](O)CCCCC)COP(=O)(O)OCC[N+](C)(C)C. The van der Waals surface area contributed by atoms with Crippen LogP contribution in [0.4, 0.5) is 0 Å². The molecule has 1 aliphatic rings. The Hall–Kier alpha value is -1.85. The van der Waals surface area contributed by atoms with E-state index >= 15 is 0 Å². The van der Waals surface area contributed by atoms with Crippen molar-refractivity contribution in [1.82, 2.24) is 0 Å². The van der Waals surface area contributed by atoms with Crippen LogP contribution < -0.4 is 0 Å². The molecule has 1 aliphatic carbocycles. The van der Waals surface area contributed by atoms with E-state index in [1.807, 2.05) is 33.3 Å². The predicted octanol–water partition coefficient (Wildman–Crippen LogP) is 10.3. The van der Waals surface area contributed by atoms with Gasteiger partial charge in [-0.25, -0.2) is 4.57 Å². The summed E-state index contributed by atoms with van der Waals surface area (Å²) >= 11 is 0. The summed E-state index contributed by atoms with van der Waals surface area (Å²) < 4.78 is 34.7. The summed E-state index contributed by atoms with van der Waals surface area (Å²) in [7, 11) is 1.54. The first-order valence-corrected chi connectivity index (χ1v) is 24.4. The van der Waals surface area contributed by atoms with Crippen molar-refractivity contribution in [3.63, 3.8) is 0 Å². The number of quaternary nitrogens is 1. The molecule has 12 heteroatoms. The number of hydrogen-bond donors (Lipinski definition) is 3. The minimum absolute atomic E-state index is 0.0494. The normalized spacial score (nSPS) is 19.7. The van der Waals surface area contributed by atoms with Gasteiger partial charge in [0.1, 0.15) is 25.5 Å². The number of ether oxygens (including phenoxy) is 2. The fraction of sp³-hybridized carbons (Fsp3) is 0.826. The number of aliphatic hydroxyl groups is 2. The number of phosphoric acid groups is 1. The van der Waals surface area contributed by atoms with Crippen LogP contribution in [0.3, 0.4) is 0 Å². The zero-order valence-electron chi connectivity index (χ0n) is 37.2. The van der Waals surface area contributed by atoms with Crippen molar-refractivity contribution in [2.24, 2.45) is 11.8 Å². The van der Waals surface area contributed by atoms with E-state index in [4.69, 9.17) is 18.5 Å². The summed E-state index contributed by atoms with van der Waals surface area (Å²) in [4.78, 5) is 35.4. The molecule has 0 aromatic rings. The first kappa shape index (κ1) is 54.2. The molecule has 3 N–H and O–H groups in total. The van der Waals surface area contributed by atoms with Gasteiger partial charge in [-0.3, -0.25) is 18.6 Å². The number of carbonyl (C=O) groups is 2. The third-order valence-corrected chi connectivity index (χ3v) is 11.6. The van der Waals surface area contributed by atoms with E-state index in [1.54, 1.807) is 12.3 Å². The highest BCUT2D eigenvalue weighted by Crippen LogP contribution is 2.43. The number of rotatable bonds is 38. The molecule has 0 aliphatic heterocycles. The van der Waals surface area contributed by atoms with E-state index in [2.05, 4.69) is 26.0 Å². The molecular formula is C46H85NO10P+. The average Bonchev–Trinajstić information content (AvgIpc) is 3.44. The van der Waals surface area contributed by atoms with Gasteiger partial charge in [-0.05, 0) is 63.9 Å². The third kappa shape index (κ3) is 30.2. The summed E-state index contributed by atoms with van der Waals surface area (Å²) in [5.74, 6) is -0.836. The fourth-order valence-corrected chi connectivity index (χ4v) is 7.70. The Balaban J connectivity index is 2.43. The molecule has 1 saturated carbocycles. The lowest BCUT2D eigenvalue weighted by Gasteiger charge is -2.24. The first-order chi connectivity index (χ1) is 27.8. The first-order valence-electron chi connectivity index (χ1n) is 22.9. The molecule has 0 spiro atoms. The molecule has 1 unspecified atom stereocenters. The molecule has 6 atom stereocenters. The van der Waals surface area contributed by atoms with Crippen LogP contribution in [0.5, 0.6) is 0 Å². The standard InChI is InChI=1S/C46H84NO10P/c1-6-8-10-11-12-13-14-15-16-17-18-19-20-21-24-28-35-54-41(39-57-58(52,53)56-36-34-47(3,4)5)38-55-46(51)31-27-23-22-26-30-42-43(45(50)37-44(42)49)33-32-40(48)29-25-9-7-2/h13-14,28,32-33,35,40-43,45,48,50H,6-12,15-27,29-31,34,36-39H2,1-5H3/p+1/b14-13-,33-32+,35-28+/t40-,41+,42+,43+,45+/m0/s1. The monoisotopic (exact) mass is 843 g/mol. The minimum atomic E-state index is -4.33. The summed E-state index contributed by atoms with van der Waals surface area (Å²) in [5, 5.41) is 20.7. The average molecular weight is 843 g/mol. The molecule has 1 fully saturated rings. The second-order valence-corrected chi connectivity index (χ2v) is 18.7. The second-order valence-electron chi connectivity index (χ2n) is 17.3. The number of likely N-dealkylation sites (N-methyl/N-ethyl adjacent to an activating group) is 1. The van der Waals surface area contributed by atoms with Crippen molar-refractivity contribution >= 4 is 19.6 Å². The van der Waals surface area contributed by atoms with E-state index in [0.717, 1.165) is 57.8 Å². The highest BCUT2D eigenvalue weighted by Gasteiger charge is 2.39. The maximum Gasteiger partial charge on any atom is 0.472 e. The van der Waals surface area contributed by atoms with Crippen LogP contribution in [0.25, 0.3) is 0 Å². The molecule has 0 heterocycles. The summed E-state index contributed by atoms with van der Waals surface area (Å²) in [5.41, 5.74) is 0. The molecule has 0 saturated heterocycles. The van der Waals surface area contributed by atoms with Gasteiger partial charge >= 0.3 is 13.8 Å². The van der Waals surface area contributed by atoms with Crippen molar-refractivity contribution < 1.29 is 52.3 Å². The number of carbonyl (C=O) groups excluding carboxylic acids is 2. The van der Waals surface area contributed by atoms with Crippen LogP contribution in [-0.4, -0.2) is 97.2 Å². The smallest absolute Gasteiger partial charge is 0.472 e. The Labute approximate surface area is 353 Å². The molecule has 0 radical (unpaired) electrons. The lowest BCUT2D eigenvalue weighted by molar-refractivity contribution is -0.870. The molecule has 1 rings (SSSR count). The van der Waals surface area contributed by atoms with Gasteiger partial charge in [0, 0.05) is 24.7 Å². The number of aliphatic hydroxyl groups excluding tert-OH is 2. The Kier molecular flexibility index (Phi) is 31.6. The number of Topliss-reactive ketones (excluding diaryl/α,β-unsaturated/α-hetero) is 1. The number of nitrogens with zero attached hydrogens (tertiary/aromatic N) is 1. The topological polar surface area (TPSA) is 149 Å². The van der Waals surface area contributed by atoms with E-state index < -0.39 is 26.1 Å². The maximum atomic E-state index is 12.6. The van der Waals surface area contributed by atoms with Crippen LogP contribution in [0.15, 0.2) is 36.6 Å². The van der Waals surface area contributed by atoms with E-state index in [0.29, 0.717) is 30.3 Å². The van der Waals surface area contributed by atoms with Gasteiger partial charge in [0.2, 0.25) is 0 Å². The Morgan fingerprint density at radius 3 is 2.05 bits per heavy atom. The molecule has 0 aromatic carbocycles. The maximum absolute atomic E-state index is 12.6. The molecule has 11 nitrogen and oxygen atoms in total. The fourth-order valence-electron chi connectivity index (χ4n) is 6.96. The molecule has 0 amide bonds. The number of allylic oxidation sites excluding steroid dienone is 3. The van der Waals surface area contributed by atoms with Crippen LogP contribution in [-0.2, 0) is 32.7 Å². The zero-order valence-corrected chi connectivity index (χ0v) is 38.1. The molecule has 338 valence electrons. The van der Waals surface area contributed by atoms with Gasteiger partial charge in [0.25, 0.3) is 0 Å². The van der Waals surface area contributed by atoms with Crippen molar-refractivity contribution in [2.75, 3.05) is 47.5 Å². The van der Waals surface area contributed by atoms with E-state index in [9.17, 15) is 29.3 Å². The Morgan fingerprint density at radius 1 is 0.810 bits per heavy atom. The lowest BCUT2D eigenvalue weighted by Crippen LogP contribution is -2.37. The van der Waals surface area contributed by atoms with Gasteiger partial charge < -0.3 is 29.1 Å². The highest BCUT2D eigenvalue weighted by molar-refractivity contribution is 7.47. The number of ketones is 1. The second kappa shape index (κ2) is 33.8. The van der Waals surface area contributed by atoms with Gasteiger partial charge in [-0.1, -0.05) is 122 Å². The summed E-state index contributed by atoms with van der Waals surface area (Å²) in [6, 6.07) is 0. The molecular weight excluding hydrogens is 757 g/mol.